The summed E-state index contributed by atoms with van der Waals surface area (Å²) in [7, 11) is 0. The van der Waals surface area contributed by atoms with E-state index >= 15 is 0 Å². The van der Waals surface area contributed by atoms with E-state index in [9.17, 15) is 35.9 Å². The molecule has 0 unspecified atom stereocenters. The van der Waals surface area contributed by atoms with Crippen molar-refractivity contribution < 1.29 is 40.7 Å². The summed E-state index contributed by atoms with van der Waals surface area (Å²) < 4.78 is 82.8. The minimum Gasteiger partial charge on any atom is -0.454 e. The van der Waals surface area contributed by atoms with Gasteiger partial charge in [0.1, 0.15) is 6.54 Å². The predicted molar refractivity (Wildman–Crippen MR) is 98.6 cm³/mol. The van der Waals surface area contributed by atoms with Gasteiger partial charge in [0, 0.05) is 6.20 Å². The molecule has 0 aliphatic carbocycles. The summed E-state index contributed by atoms with van der Waals surface area (Å²) in [5.41, 5.74) is -1.10. The van der Waals surface area contributed by atoms with E-state index in [1.807, 2.05) is 5.32 Å². The first-order valence-corrected chi connectivity index (χ1v) is 8.94. The molecule has 170 valence electrons. The summed E-state index contributed by atoms with van der Waals surface area (Å²) in [6.45, 7) is -1.83. The van der Waals surface area contributed by atoms with Gasteiger partial charge in [-0.25, -0.2) is 9.97 Å². The molecule has 0 bridgehead atoms. The average molecular weight is 481 g/mol. The number of esters is 1. The number of alkyl halides is 6. The minimum absolute atomic E-state index is 0.00777. The van der Waals surface area contributed by atoms with Crippen LogP contribution in [0.4, 0.5) is 32.2 Å². The zero-order chi connectivity index (χ0) is 23.7. The molecule has 7 nitrogen and oxygen atoms in total. The SMILES string of the molecule is O=C(COC(=O)Cn1c(C(F)(F)F)nc2ccccc21)Nc1ncc(C(F)(F)F)cc1Cl. The van der Waals surface area contributed by atoms with Crippen molar-refractivity contribution in [2.24, 2.45) is 0 Å². The lowest BCUT2D eigenvalue weighted by Gasteiger charge is -2.12. The van der Waals surface area contributed by atoms with Crippen LogP contribution < -0.4 is 5.32 Å². The highest BCUT2D eigenvalue weighted by atomic mass is 35.5. The van der Waals surface area contributed by atoms with Crippen LogP contribution in [0, 0.1) is 0 Å². The number of carbonyl (C=O) groups is 2. The summed E-state index contributed by atoms with van der Waals surface area (Å²) in [4.78, 5) is 30.8. The smallest absolute Gasteiger partial charge is 0.449 e. The Morgan fingerprint density at radius 1 is 1.09 bits per heavy atom. The van der Waals surface area contributed by atoms with Crippen molar-refractivity contribution in [2.75, 3.05) is 11.9 Å². The standard InChI is InChI=1S/C18H11ClF6N4O3/c19-10-5-9(17(20,21)22)6-26-15(10)28-13(30)8-32-14(31)7-29-12-4-2-1-3-11(12)27-16(29)18(23,24)25/h1-6H,7-8H2,(H,26,28,30). The maximum atomic E-state index is 13.2. The molecular weight excluding hydrogens is 470 g/mol. The number of anilines is 1. The van der Waals surface area contributed by atoms with Crippen molar-refractivity contribution in [1.29, 1.82) is 0 Å². The van der Waals surface area contributed by atoms with E-state index in [1.165, 1.54) is 24.3 Å². The first kappa shape index (κ1) is 23.3. The van der Waals surface area contributed by atoms with Crippen LogP contribution in [-0.2, 0) is 33.2 Å². The number of para-hydroxylation sites is 2. The molecular formula is C18H11ClF6N4O3. The highest BCUT2D eigenvalue weighted by Gasteiger charge is 2.38. The third-order valence-electron chi connectivity index (χ3n) is 3.99. The quantitative estimate of drug-likeness (QED) is 0.434. The normalized spacial score (nSPS) is 12.1. The highest BCUT2D eigenvalue weighted by molar-refractivity contribution is 6.33. The number of ether oxygens (including phenoxy) is 1. The Labute approximate surface area is 180 Å². The van der Waals surface area contributed by atoms with Gasteiger partial charge in [0.25, 0.3) is 5.91 Å². The molecule has 0 saturated heterocycles. The number of fused-ring (bicyclic) bond motifs is 1. The van der Waals surface area contributed by atoms with Crippen molar-refractivity contribution in [3.63, 3.8) is 0 Å². The Hall–Kier alpha value is -3.35. The van der Waals surface area contributed by atoms with Gasteiger partial charge >= 0.3 is 18.3 Å². The summed E-state index contributed by atoms with van der Waals surface area (Å²) in [5.74, 6) is -3.93. The second kappa shape index (κ2) is 8.65. The predicted octanol–water partition coefficient (Wildman–Crippen LogP) is 4.30. The number of halogens is 7. The Morgan fingerprint density at radius 3 is 2.41 bits per heavy atom. The second-order valence-corrected chi connectivity index (χ2v) is 6.68. The van der Waals surface area contributed by atoms with Crippen LogP contribution in [0.3, 0.4) is 0 Å². The molecule has 0 radical (unpaired) electrons. The van der Waals surface area contributed by atoms with Crippen molar-refractivity contribution in [3.8, 4) is 0 Å². The highest BCUT2D eigenvalue weighted by Crippen LogP contribution is 2.33. The van der Waals surface area contributed by atoms with E-state index in [0.717, 1.165) is 0 Å². The van der Waals surface area contributed by atoms with E-state index in [1.54, 1.807) is 0 Å². The number of hydrogen-bond acceptors (Lipinski definition) is 5. The van der Waals surface area contributed by atoms with Gasteiger partial charge in [-0.1, -0.05) is 23.7 Å². The number of amides is 1. The third kappa shape index (κ3) is 5.28. The van der Waals surface area contributed by atoms with E-state index in [4.69, 9.17) is 11.6 Å². The number of aromatic nitrogens is 3. The molecule has 14 heteroatoms. The third-order valence-corrected chi connectivity index (χ3v) is 4.27. The monoisotopic (exact) mass is 480 g/mol. The summed E-state index contributed by atoms with van der Waals surface area (Å²) >= 11 is 5.65. The van der Waals surface area contributed by atoms with Crippen LogP contribution >= 0.6 is 11.6 Å². The second-order valence-electron chi connectivity index (χ2n) is 6.27. The zero-order valence-electron chi connectivity index (χ0n) is 15.6. The number of hydrogen-bond donors (Lipinski definition) is 1. The topological polar surface area (TPSA) is 86.1 Å². The molecule has 0 aliphatic heterocycles. The first-order chi connectivity index (χ1) is 14.9. The summed E-state index contributed by atoms with van der Waals surface area (Å²) in [5, 5.41) is 1.53. The minimum atomic E-state index is -4.85. The molecule has 0 spiro atoms. The molecule has 2 heterocycles. The maximum absolute atomic E-state index is 13.2. The van der Waals surface area contributed by atoms with Crippen molar-refractivity contribution >= 4 is 40.3 Å². The largest absolute Gasteiger partial charge is 0.454 e. The first-order valence-electron chi connectivity index (χ1n) is 8.57. The van der Waals surface area contributed by atoms with Crippen molar-refractivity contribution in [3.05, 3.63) is 52.9 Å². The van der Waals surface area contributed by atoms with Gasteiger partial charge in [0.2, 0.25) is 5.82 Å². The van der Waals surface area contributed by atoms with Gasteiger partial charge in [-0.2, -0.15) is 26.3 Å². The lowest BCUT2D eigenvalue weighted by Crippen LogP contribution is -2.25. The number of carbonyl (C=O) groups excluding carboxylic acids is 2. The van der Waals surface area contributed by atoms with Gasteiger partial charge in [-0.3, -0.25) is 9.59 Å². The molecule has 3 rings (SSSR count). The molecule has 0 fully saturated rings. The number of nitrogens with zero attached hydrogens (tertiary/aromatic N) is 3. The summed E-state index contributed by atoms with van der Waals surface area (Å²) in [6.07, 6.45) is -9.10. The van der Waals surface area contributed by atoms with Crippen LogP contribution in [0.1, 0.15) is 11.4 Å². The van der Waals surface area contributed by atoms with E-state index < -0.39 is 59.6 Å². The van der Waals surface area contributed by atoms with Crippen LogP contribution in [0.25, 0.3) is 11.0 Å². The fourth-order valence-electron chi connectivity index (χ4n) is 2.63. The fourth-order valence-corrected chi connectivity index (χ4v) is 2.84. The van der Waals surface area contributed by atoms with Crippen molar-refractivity contribution in [2.45, 2.75) is 18.9 Å². The van der Waals surface area contributed by atoms with E-state index in [-0.39, 0.29) is 11.0 Å². The Morgan fingerprint density at radius 2 is 1.78 bits per heavy atom. The maximum Gasteiger partial charge on any atom is 0.449 e. The van der Waals surface area contributed by atoms with Gasteiger partial charge in [-0.05, 0) is 18.2 Å². The molecule has 0 saturated carbocycles. The van der Waals surface area contributed by atoms with Crippen LogP contribution in [0.2, 0.25) is 5.02 Å². The molecule has 0 atom stereocenters. The van der Waals surface area contributed by atoms with Crippen LogP contribution in [0.5, 0.6) is 0 Å². The van der Waals surface area contributed by atoms with Crippen molar-refractivity contribution in [1.82, 2.24) is 14.5 Å². The number of imidazole rings is 1. The number of benzene rings is 1. The Bertz CT molecular complexity index is 1180. The molecule has 2 aromatic heterocycles. The number of rotatable bonds is 5. The lowest BCUT2D eigenvalue weighted by molar-refractivity contribution is -0.152. The lowest BCUT2D eigenvalue weighted by atomic mass is 10.3. The molecule has 1 N–H and O–H groups in total. The zero-order valence-corrected chi connectivity index (χ0v) is 16.3. The Balaban J connectivity index is 1.65. The Kier molecular flexibility index (Phi) is 6.30. The van der Waals surface area contributed by atoms with Gasteiger partial charge in [0.15, 0.2) is 12.4 Å². The average Bonchev–Trinajstić information content (AvgIpc) is 3.06. The molecule has 1 aromatic carbocycles. The molecule has 1 amide bonds. The van der Waals surface area contributed by atoms with Crippen LogP contribution in [-0.4, -0.2) is 33.0 Å². The molecule has 0 aliphatic rings. The van der Waals surface area contributed by atoms with Gasteiger partial charge in [-0.15, -0.1) is 0 Å². The van der Waals surface area contributed by atoms with E-state index in [0.29, 0.717) is 16.8 Å². The van der Waals surface area contributed by atoms with E-state index in [2.05, 4.69) is 14.7 Å². The number of pyridine rings is 1. The molecule has 3 aromatic rings. The van der Waals surface area contributed by atoms with Crippen LogP contribution in [0.15, 0.2) is 36.5 Å². The van der Waals surface area contributed by atoms with Gasteiger partial charge < -0.3 is 14.6 Å². The van der Waals surface area contributed by atoms with Gasteiger partial charge in [0.05, 0.1) is 21.6 Å². The fraction of sp³-hybridized carbons (Fsp3) is 0.222. The number of nitrogens with one attached hydrogen (secondary N) is 1. The summed E-state index contributed by atoms with van der Waals surface area (Å²) in [6, 6.07) is 6.14. The molecule has 32 heavy (non-hydrogen) atoms.